The Hall–Kier alpha value is -2.56. The number of amides is 3. The van der Waals surface area contributed by atoms with E-state index >= 15 is 0 Å². The summed E-state index contributed by atoms with van der Waals surface area (Å²) in [5.74, 6) is 0.246. The van der Waals surface area contributed by atoms with Crippen molar-refractivity contribution in [1.29, 1.82) is 0 Å². The maximum absolute atomic E-state index is 13.8. The van der Waals surface area contributed by atoms with Crippen LogP contribution in [-0.4, -0.2) is 90.9 Å². The van der Waals surface area contributed by atoms with Gasteiger partial charge < -0.3 is 25.8 Å². The van der Waals surface area contributed by atoms with E-state index < -0.39 is 6.04 Å². The molecule has 43 heavy (non-hydrogen) atoms. The number of carbonyl (C=O) groups excluding carboxylic acids is 3. The van der Waals surface area contributed by atoms with Crippen molar-refractivity contribution in [2.75, 3.05) is 46.3 Å². The molecule has 1 aliphatic carbocycles. The molecule has 4 rings (SSSR count). The molecule has 1 saturated carbocycles. The first-order valence-electron chi connectivity index (χ1n) is 16.3. The van der Waals surface area contributed by atoms with Crippen LogP contribution in [0.25, 0.3) is 10.2 Å². The van der Waals surface area contributed by atoms with Gasteiger partial charge in [0.05, 0.1) is 15.2 Å². The Morgan fingerprint density at radius 1 is 1.00 bits per heavy atom. The first kappa shape index (κ1) is 33.3. The van der Waals surface area contributed by atoms with E-state index in [4.69, 9.17) is 4.98 Å². The Kier molecular flexibility index (Phi) is 12.4. The number of hydrogen-bond donors (Lipinski definition) is 3. The molecule has 2 heterocycles. The summed E-state index contributed by atoms with van der Waals surface area (Å²) in [6, 6.07) is 5.41. The van der Waals surface area contributed by atoms with Crippen LogP contribution in [0.1, 0.15) is 82.7 Å². The second kappa shape index (κ2) is 16.0. The standard InChI is InChI=1S/C33H52N6O3S/c1-6-30(40)35-27(19-31-36-26-13-12-25(22(2)3)18-29(26)43-31)33(42)37-28(24-10-8-7-9-11-24)20-34-32(41)23(4)21-39-16-14-38(5)15-17-39/h12-13,18,22-24,27-28H,6-11,14-17,19-21H2,1-5H3,(H,34,41)(H,35,40)(H,37,42)/t23?,27-,28+/m0/s1. The van der Waals surface area contributed by atoms with E-state index in [-0.39, 0.29) is 29.7 Å². The topological polar surface area (TPSA) is 107 Å². The lowest BCUT2D eigenvalue weighted by atomic mass is 9.83. The molecule has 3 N–H and O–H groups in total. The molecular weight excluding hydrogens is 560 g/mol. The molecule has 2 aliphatic rings. The number of aromatic nitrogens is 1. The summed E-state index contributed by atoms with van der Waals surface area (Å²) >= 11 is 1.58. The second-order valence-electron chi connectivity index (χ2n) is 12.9. The number of fused-ring (bicyclic) bond motifs is 1. The van der Waals surface area contributed by atoms with Crippen molar-refractivity contribution in [3.05, 3.63) is 28.8 Å². The van der Waals surface area contributed by atoms with Gasteiger partial charge in [0.25, 0.3) is 0 Å². The molecule has 2 aromatic rings. The summed E-state index contributed by atoms with van der Waals surface area (Å²) in [7, 11) is 2.13. The molecule has 1 aromatic carbocycles. The van der Waals surface area contributed by atoms with E-state index in [2.05, 4.69) is 58.8 Å². The Morgan fingerprint density at radius 2 is 1.72 bits per heavy atom. The zero-order valence-electron chi connectivity index (χ0n) is 26.8. The molecular formula is C33H52N6O3S. The fraction of sp³-hybridized carbons (Fsp3) is 0.697. The third kappa shape index (κ3) is 9.71. The van der Waals surface area contributed by atoms with Crippen LogP contribution in [0.3, 0.4) is 0 Å². The van der Waals surface area contributed by atoms with Gasteiger partial charge in [0.15, 0.2) is 0 Å². The van der Waals surface area contributed by atoms with Gasteiger partial charge in [-0.05, 0) is 49.4 Å². The van der Waals surface area contributed by atoms with Crippen LogP contribution in [0, 0.1) is 11.8 Å². The molecule has 1 aliphatic heterocycles. The van der Waals surface area contributed by atoms with Crippen molar-refractivity contribution in [2.45, 2.75) is 90.6 Å². The molecule has 238 valence electrons. The highest BCUT2D eigenvalue weighted by atomic mass is 32.1. The van der Waals surface area contributed by atoms with Gasteiger partial charge in [-0.3, -0.25) is 14.4 Å². The van der Waals surface area contributed by atoms with Crippen LogP contribution < -0.4 is 16.0 Å². The van der Waals surface area contributed by atoms with Gasteiger partial charge in [-0.2, -0.15) is 0 Å². The molecule has 10 heteroatoms. The number of rotatable bonds is 13. The summed E-state index contributed by atoms with van der Waals surface area (Å²) in [6.45, 7) is 13.3. The summed E-state index contributed by atoms with van der Waals surface area (Å²) in [5, 5.41) is 10.2. The minimum Gasteiger partial charge on any atom is -0.354 e. The Morgan fingerprint density at radius 3 is 2.40 bits per heavy atom. The molecule has 1 unspecified atom stereocenters. The summed E-state index contributed by atoms with van der Waals surface area (Å²) in [5.41, 5.74) is 2.17. The highest BCUT2D eigenvalue weighted by molar-refractivity contribution is 7.18. The first-order chi connectivity index (χ1) is 20.6. The van der Waals surface area contributed by atoms with Crippen molar-refractivity contribution >= 4 is 39.3 Å². The summed E-state index contributed by atoms with van der Waals surface area (Å²) < 4.78 is 1.09. The van der Waals surface area contributed by atoms with Crippen LogP contribution in [-0.2, 0) is 20.8 Å². The number of carbonyl (C=O) groups is 3. The molecule has 3 amide bonds. The molecule has 2 fully saturated rings. The van der Waals surface area contributed by atoms with E-state index in [9.17, 15) is 14.4 Å². The fourth-order valence-corrected chi connectivity index (χ4v) is 7.22. The third-order valence-corrected chi connectivity index (χ3v) is 10.1. The van der Waals surface area contributed by atoms with Crippen molar-refractivity contribution < 1.29 is 14.4 Å². The number of nitrogens with zero attached hydrogens (tertiary/aromatic N) is 3. The largest absolute Gasteiger partial charge is 0.354 e. The highest BCUT2D eigenvalue weighted by Gasteiger charge is 2.30. The van der Waals surface area contributed by atoms with Gasteiger partial charge in [-0.15, -0.1) is 11.3 Å². The maximum atomic E-state index is 13.8. The summed E-state index contributed by atoms with van der Waals surface area (Å²) in [4.78, 5) is 48.9. The fourth-order valence-electron chi connectivity index (χ4n) is 6.16. The minimum atomic E-state index is -0.726. The van der Waals surface area contributed by atoms with E-state index in [0.717, 1.165) is 73.6 Å². The van der Waals surface area contributed by atoms with Crippen LogP contribution >= 0.6 is 11.3 Å². The number of piperazine rings is 1. The van der Waals surface area contributed by atoms with Gasteiger partial charge in [0, 0.05) is 64.1 Å². The normalized spacial score (nSPS) is 19.2. The highest BCUT2D eigenvalue weighted by Crippen LogP contribution is 2.28. The predicted molar refractivity (Wildman–Crippen MR) is 174 cm³/mol. The minimum absolute atomic E-state index is 0.0278. The average molecular weight is 613 g/mol. The van der Waals surface area contributed by atoms with Gasteiger partial charge >= 0.3 is 0 Å². The Balaban J connectivity index is 1.42. The zero-order valence-corrected chi connectivity index (χ0v) is 27.6. The SMILES string of the molecule is CCC(=O)N[C@@H](Cc1nc2ccc(C(C)C)cc2s1)C(=O)N[C@H](CNC(=O)C(C)CN1CCN(C)CC1)C1CCCCC1. The van der Waals surface area contributed by atoms with Crippen LogP contribution in [0.15, 0.2) is 18.2 Å². The second-order valence-corrected chi connectivity index (χ2v) is 14.0. The number of likely N-dealkylation sites (N-methyl/N-ethyl adjacent to an activating group) is 1. The van der Waals surface area contributed by atoms with Crippen LogP contribution in [0.2, 0.25) is 0 Å². The van der Waals surface area contributed by atoms with E-state index in [1.165, 1.54) is 12.0 Å². The maximum Gasteiger partial charge on any atom is 0.243 e. The Bertz CT molecular complexity index is 1220. The summed E-state index contributed by atoms with van der Waals surface area (Å²) in [6.07, 6.45) is 6.15. The van der Waals surface area contributed by atoms with E-state index in [1.807, 2.05) is 13.0 Å². The number of hydrogen-bond acceptors (Lipinski definition) is 7. The van der Waals surface area contributed by atoms with Crippen molar-refractivity contribution in [1.82, 2.24) is 30.7 Å². The molecule has 9 nitrogen and oxygen atoms in total. The van der Waals surface area contributed by atoms with Crippen LogP contribution in [0.5, 0.6) is 0 Å². The smallest absolute Gasteiger partial charge is 0.243 e. The molecule has 0 bridgehead atoms. The predicted octanol–water partition coefficient (Wildman–Crippen LogP) is 3.92. The number of benzene rings is 1. The van der Waals surface area contributed by atoms with E-state index in [0.29, 0.717) is 31.2 Å². The van der Waals surface area contributed by atoms with Crippen molar-refractivity contribution in [3.8, 4) is 0 Å². The van der Waals surface area contributed by atoms with Crippen molar-refractivity contribution in [3.63, 3.8) is 0 Å². The quantitative estimate of drug-likeness (QED) is 0.317. The van der Waals surface area contributed by atoms with Gasteiger partial charge in [0.1, 0.15) is 6.04 Å². The van der Waals surface area contributed by atoms with Gasteiger partial charge in [-0.1, -0.05) is 53.0 Å². The lowest BCUT2D eigenvalue weighted by Gasteiger charge is -2.34. The molecule has 0 radical (unpaired) electrons. The zero-order chi connectivity index (χ0) is 30.9. The van der Waals surface area contributed by atoms with Gasteiger partial charge in [0.2, 0.25) is 17.7 Å². The van der Waals surface area contributed by atoms with Crippen LogP contribution in [0.4, 0.5) is 0 Å². The monoisotopic (exact) mass is 612 g/mol. The van der Waals surface area contributed by atoms with Gasteiger partial charge in [-0.25, -0.2) is 4.98 Å². The third-order valence-electron chi connectivity index (χ3n) is 9.09. The molecule has 1 saturated heterocycles. The van der Waals surface area contributed by atoms with Crippen molar-refractivity contribution in [2.24, 2.45) is 11.8 Å². The Labute approximate surface area is 261 Å². The average Bonchev–Trinajstić information content (AvgIpc) is 3.41. The lowest BCUT2D eigenvalue weighted by molar-refractivity contribution is -0.130. The van der Waals surface area contributed by atoms with E-state index in [1.54, 1.807) is 18.3 Å². The molecule has 3 atom stereocenters. The number of thiazole rings is 1. The molecule has 1 aromatic heterocycles. The lowest BCUT2D eigenvalue weighted by Crippen LogP contribution is -2.55. The molecule has 0 spiro atoms. The first-order valence-corrected chi connectivity index (χ1v) is 17.1. The number of nitrogens with one attached hydrogen (secondary N) is 3.